The van der Waals surface area contributed by atoms with E-state index in [4.69, 9.17) is 0 Å². The average molecular weight is 343 g/mol. The summed E-state index contributed by atoms with van der Waals surface area (Å²) in [5.74, 6) is -2.04. The molecule has 1 heterocycles. The number of nitrogens with zero attached hydrogens (tertiary/aromatic N) is 3. The maximum absolute atomic E-state index is 11.8. The van der Waals surface area contributed by atoms with Crippen LogP contribution in [0.4, 0.5) is 10.5 Å². The highest BCUT2D eigenvalue weighted by Gasteiger charge is 2.15. The van der Waals surface area contributed by atoms with Crippen molar-refractivity contribution >= 4 is 29.4 Å². The molecule has 10 nitrogen and oxygen atoms in total. The van der Waals surface area contributed by atoms with Crippen LogP contribution in [0, 0.1) is 0 Å². The average Bonchev–Trinajstić information content (AvgIpc) is 2.63. The maximum Gasteiger partial charge on any atom is 0.411 e. The Hall–Kier alpha value is -3.82. The highest BCUT2D eigenvalue weighted by Crippen LogP contribution is 2.11. The minimum atomic E-state index is -1.34. The summed E-state index contributed by atoms with van der Waals surface area (Å²) in [6, 6.07) is 5.78. The summed E-state index contributed by atoms with van der Waals surface area (Å²) in [5, 5.41) is 15.3. The molecule has 2 aromatic rings. The van der Waals surface area contributed by atoms with Gasteiger partial charge in [-0.2, -0.15) is 5.10 Å². The normalized spacial score (nSPS) is 10.7. The Morgan fingerprint density at radius 1 is 1.16 bits per heavy atom. The first kappa shape index (κ1) is 17.5. The van der Waals surface area contributed by atoms with E-state index in [0.29, 0.717) is 5.69 Å². The zero-order valence-electron chi connectivity index (χ0n) is 13.0. The lowest BCUT2D eigenvalue weighted by atomic mass is 10.1. The fourth-order valence-electron chi connectivity index (χ4n) is 1.70. The van der Waals surface area contributed by atoms with Gasteiger partial charge >= 0.3 is 12.1 Å². The number of aromatic nitrogens is 2. The lowest BCUT2D eigenvalue weighted by Gasteiger charge is -2.06. The summed E-state index contributed by atoms with van der Waals surface area (Å²) in [6.07, 6.45) is 3.28. The number of ether oxygens (including phenoxy) is 1. The Kier molecular flexibility index (Phi) is 5.72. The zero-order valence-corrected chi connectivity index (χ0v) is 13.0. The predicted molar refractivity (Wildman–Crippen MR) is 86.1 cm³/mol. The first-order valence-corrected chi connectivity index (χ1v) is 6.84. The minimum Gasteiger partial charge on any atom is -0.476 e. The first-order chi connectivity index (χ1) is 12.0. The molecule has 3 N–H and O–H groups in total. The van der Waals surface area contributed by atoms with E-state index in [0.717, 1.165) is 0 Å². The second-order valence-corrected chi connectivity index (χ2v) is 4.49. The number of methoxy groups -OCH3 is 1. The highest BCUT2D eigenvalue weighted by molar-refractivity contribution is 6.42. The van der Waals surface area contributed by atoms with Crippen molar-refractivity contribution < 1.29 is 24.2 Å². The molecule has 0 unspecified atom stereocenters. The smallest absolute Gasteiger partial charge is 0.411 e. The molecule has 0 aliphatic carbocycles. The van der Waals surface area contributed by atoms with Crippen LogP contribution < -0.4 is 10.7 Å². The van der Waals surface area contributed by atoms with E-state index in [1.54, 1.807) is 0 Å². The molecular weight excluding hydrogens is 330 g/mol. The summed E-state index contributed by atoms with van der Waals surface area (Å²) in [6.45, 7) is 0. The lowest BCUT2D eigenvalue weighted by molar-refractivity contribution is -0.129. The van der Waals surface area contributed by atoms with E-state index >= 15 is 0 Å². The van der Waals surface area contributed by atoms with Gasteiger partial charge in [0, 0.05) is 23.6 Å². The van der Waals surface area contributed by atoms with Crippen LogP contribution in [0.5, 0.6) is 0 Å². The van der Waals surface area contributed by atoms with Crippen LogP contribution in [0.2, 0.25) is 0 Å². The van der Waals surface area contributed by atoms with Gasteiger partial charge in [0.25, 0.3) is 5.91 Å². The number of aliphatic carboxylic acids is 1. The largest absolute Gasteiger partial charge is 0.476 e. The number of carbonyl (C=O) groups excluding carboxylic acids is 2. The summed E-state index contributed by atoms with van der Waals surface area (Å²) < 4.78 is 4.45. The van der Waals surface area contributed by atoms with Gasteiger partial charge in [0.15, 0.2) is 5.71 Å². The monoisotopic (exact) mass is 343 g/mol. The number of nitrogens with one attached hydrogen (secondary N) is 2. The van der Waals surface area contributed by atoms with Crippen LogP contribution >= 0.6 is 0 Å². The Morgan fingerprint density at radius 2 is 1.88 bits per heavy atom. The third-order valence-electron chi connectivity index (χ3n) is 2.86. The minimum absolute atomic E-state index is 0.00591. The van der Waals surface area contributed by atoms with Crippen LogP contribution in [-0.4, -0.2) is 45.9 Å². The topological polar surface area (TPSA) is 143 Å². The molecule has 1 aromatic carbocycles. The van der Waals surface area contributed by atoms with Crippen molar-refractivity contribution in [1.82, 2.24) is 15.4 Å². The number of benzene rings is 1. The third kappa shape index (κ3) is 4.82. The Balaban J connectivity index is 2.16. The van der Waals surface area contributed by atoms with Gasteiger partial charge in [0.2, 0.25) is 0 Å². The molecule has 2 rings (SSSR count). The SMILES string of the molecule is COC(=O)Nc1ccc(C(=NNC(=O)c2cnccn2)C(=O)O)cc1. The van der Waals surface area contributed by atoms with Gasteiger partial charge in [0.05, 0.1) is 13.3 Å². The molecular formula is C15H13N5O5. The number of hydrazone groups is 1. The van der Waals surface area contributed by atoms with Crippen LogP contribution in [0.3, 0.4) is 0 Å². The predicted octanol–water partition coefficient (Wildman–Crippen LogP) is 0.874. The molecule has 0 atom stereocenters. The summed E-state index contributed by atoms with van der Waals surface area (Å²) in [4.78, 5) is 41.8. The Morgan fingerprint density at radius 3 is 2.44 bits per heavy atom. The molecule has 0 bridgehead atoms. The van der Waals surface area contributed by atoms with Crippen molar-refractivity contribution in [2.24, 2.45) is 5.10 Å². The second-order valence-electron chi connectivity index (χ2n) is 4.49. The standard InChI is InChI=1S/C15H13N5O5/c1-25-15(24)18-10-4-2-9(3-5-10)12(14(22)23)19-20-13(21)11-8-16-6-7-17-11/h2-8H,1H3,(H,18,24)(H,20,21)(H,22,23). The van der Waals surface area contributed by atoms with Crippen LogP contribution in [-0.2, 0) is 9.53 Å². The van der Waals surface area contributed by atoms with Crippen molar-refractivity contribution in [2.75, 3.05) is 12.4 Å². The van der Waals surface area contributed by atoms with Crippen molar-refractivity contribution in [3.8, 4) is 0 Å². The molecule has 0 radical (unpaired) electrons. The molecule has 0 saturated carbocycles. The van der Waals surface area contributed by atoms with Gasteiger partial charge in [-0.3, -0.25) is 15.1 Å². The Labute approximate surface area is 141 Å². The van der Waals surface area contributed by atoms with Crippen LogP contribution in [0.25, 0.3) is 0 Å². The lowest BCUT2D eigenvalue weighted by Crippen LogP contribution is -2.24. The van der Waals surface area contributed by atoms with E-state index < -0.39 is 18.0 Å². The quantitative estimate of drug-likeness (QED) is 0.540. The molecule has 2 amide bonds. The number of carboxylic acid groups (broad SMARTS) is 1. The zero-order chi connectivity index (χ0) is 18.2. The van der Waals surface area contributed by atoms with E-state index in [-0.39, 0.29) is 17.0 Å². The number of anilines is 1. The molecule has 10 heteroatoms. The number of rotatable bonds is 5. The number of hydrogen-bond acceptors (Lipinski definition) is 7. The number of carboxylic acids is 1. The van der Waals surface area contributed by atoms with Gasteiger partial charge in [-0.15, -0.1) is 0 Å². The van der Waals surface area contributed by atoms with E-state index in [1.165, 1.54) is 50.0 Å². The Bertz CT molecular complexity index is 805. The van der Waals surface area contributed by atoms with E-state index in [2.05, 4.69) is 30.5 Å². The van der Waals surface area contributed by atoms with Gasteiger partial charge in [-0.25, -0.2) is 20.0 Å². The van der Waals surface area contributed by atoms with E-state index in [1.807, 2.05) is 0 Å². The number of carbonyl (C=O) groups is 3. The number of amides is 2. The maximum atomic E-state index is 11.8. The van der Waals surface area contributed by atoms with Crippen LogP contribution in [0.1, 0.15) is 16.1 Å². The van der Waals surface area contributed by atoms with Crippen LogP contribution in [0.15, 0.2) is 48.0 Å². The number of hydrogen-bond donors (Lipinski definition) is 3. The van der Waals surface area contributed by atoms with Crippen molar-refractivity contribution in [3.63, 3.8) is 0 Å². The molecule has 0 fully saturated rings. The van der Waals surface area contributed by atoms with Gasteiger partial charge in [-0.05, 0) is 12.1 Å². The molecule has 0 aliphatic rings. The van der Waals surface area contributed by atoms with Gasteiger partial charge < -0.3 is 9.84 Å². The summed E-state index contributed by atoms with van der Waals surface area (Å²) in [7, 11) is 1.22. The fourth-order valence-corrected chi connectivity index (χ4v) is 1.70. The van der Waals surface area contributed by atoms with E-state index in [9.17, 15) is 19.5 Å². The molecule has 128 valence electrons. The second kappa shape index (κ2) is 8.15. The van der Waals surface area contributed by atoms with Crippen molar-refractivity contribution in [3.05, 3.63) is 54.1 Å². The summed E-state index contributed by atoms with van der Waals surface area (Å²) >= 11 is 0. The molecule has 0 saturated heterocycles. The molecule has 0 aliphatic heterocycles. The molecule has 0 spiro atoms. The summed E-state index contributed by atoms with van der Waals surface area (Å²) in [5.41, 5.74) is 2.35. The molecule has 25 heavy (non-hydrogen) atoms. The first-order valence-electron chi connectivity index (χ1n) is 6.84. The fraction of sp³-hybridized carbons (Fsp3) is 0.0667. The third-order valence-corrected chi connectivity index (χ3v) is 2.86. The highest BCUT2D eigenvalue weighted by atomic mass is 16.5. The van der Waals surface area contributed by atoms with Crippen molar-refractivity contribution in [2.45, 2.75) is 0 Å². The molecule has 1 aromatic heterocycles. The van der Waals surface area contributed by atoms with Gasteiger partial charge in [-0.1, -0.05) is 12.1 Å². The van der Waals surface area contributed by atoms with Gasteiger partial charge in [0.1, 0.15) is 5.69 Å². The van der Waals surface area contributed by atoms with Crippen molar-refractivity contribution in [1.29, 1.82) is 0 Å².